The molecule has 0 aromatic heterocycles. The van der Waals surface area contributed by atoms with Gasteiger partial charge in [0.05, 0.1) is 13.2 Å². The van der Waals surface area contributed by atoms with Crippen LogP contribution in [-0.2, 0) is 4.74 Å². The Morgan fingerprint density at radius 1 is 1.10 bits per heavy atom. The van der Waals surface area contributed by atoms with Crippen LogP contribution >= 0.6 is 0 Å². The molecule has 0 atom stereocenters. The molecule has 0 aromatic carbocycles. The minimum Gasteiger partial charge on any atom is -0.378 e. The molecule has 6 heteroatoms. The van der Waals surface area contributed by atoms with Crippen LogP contribution in [-0.4, -0.2) is 93.3 Å². The van der Waals surface area contributed by atoms with Gasteiger partial charge in [-0.15, -0.1) is 0 Å². The molecule has 0 amide bonds. The molecule has 0 unspecified atom stereocenters. The summed E-state index contributed by atoms with van der Waals surface area (Å²) in [6, 6.07) is 0. The number of nitrogens with two attached hydrogens (primary N) is 1. The Hall–Kier alpha value is -0.850. The zero-order chi connectivity index (χ0) is 14.2. The van der Waals surface area contributed by atoms with E-state index in [1.165, 1.54) is 32.6 Å². The summed E-state index contributed by atoms with van der Waals surface area (Å²) in [4.78, 5) is 11.6. The van der Waals surface area contributed by atoms with E-state index in [2.05, 4.69) is 26.7 Å². The van der Waals surface area contributed by atoms with Crippen LogP contribution in [0, 0.1) is 0 Å². The molecule has 116 valence electrons. The van der Waals surface area contributed by atoms with E-state index in [9.17, 15) is 0 Å². The predicted molar refractivity (Wildman–Crippen MR) is 82.1 cm³/mol. The Labute approximate surface area is 122 Å². The first-order chi connectivity index (χ1) is 9.75. The predicted octanol–water partition coefficient (Wildman–Crippen LogP) is -0.339. The first-order valence-electron chi connectivity index (χ1n) is 7.79. The van der Waals surface area contributed by atoms with Crippen molar-refractivity contribution in [2.75, 3.05) is 72.6 Å². The molecule has 20 heavy (non-hydrogen) atoms. The lowest BCUT2D eigenvalue weighted by atomic mass is 10.3. The normalized spacial score (nSPS) is 23.9. The van der Waals surface area contributed by atoms with Crippen LogP contribution in [0.3, 0.4) is 0 Å². The molecule has 2 aliphatic heterocycles. The van der Waals surface area contributed by atoms with Gasteiger partial charge in [-0.25, -0.2) is 0 Å². The standard InChI is InChI=1S/C14H29N5O/c1-17-5-3-7-18(9-8-17)6-2-4-16-14(15)19-10-12-20-13-11-19/h2-13H2,1H3,(H2,15,16). The van der Waals surface area contributed by atoms with Crippen LogP contribution in [0.2, 0.25) is 0 Å². The summed E-state index contributed by atoms with van der Waals surface area (Å²) in [6.07, 6.45) is 2.37. The van der Waals surface area contributed by atoms with Crippen molar-refractivity contribution in [3.8, 4) is 0 Å². The third kappa shape index (κ3) is 5.26. The summed E-state index contributed by atoms with van der Waals surface area (Å²) in [5.41, 5.74) is 6.01. The molecule has 0 aromatic rings. The molecular formula is C14H29N5O. The summed E-state index contributed by atoms with van der Waals surface area (Å²) in [5, 5.41) is 0. The van der Waals surface area contributed by atoms with E-state index in [0.29, 0.717) is 5.96 Å². The highest BCUT2D eigenvalue weighted by Gasteiger charge is 2.13. The van der Waals surface area contributed by atoms with E-state index in [-0.39, 0.29) is 0 Å². The van der Waals surface area contributed by atoms with Crippen LogP contribution < -0.4 is 5.73 Å². The monoisotopic (exact) mass is 283 g/mol. The number of hydrogen-bond acceptors (Lipinski definition) is 4. The molecule has 0 bridgehead atoms. The molecule has 2 saturated heterocycles. The Bertz CT molecular complexity index is 304. The number of aliphatic imine (C=N–C) groups is 1. The number of guanidine groups is 1. The maximum Gasteiger partial charge on any atom is 0.191 e. The zero-order valence-corrected chi connectivity index (χ0v) is 12.8. The fourth-order valence-electron chi connectivity index (χ4n) is 2.70. The van der Waals surface area contributed by atoms with Gasteiger partial charge in [0.1, 0.15) is 0 Å². The molecule has 2 fully saturated rings. The lowest BCUT2D eigenvalue weighted by Crippen LogP contribution is -2.44. The molecule has 0 radical (unpaired) electrons. The van der Waals surface area contributed by atoms with Crippen molar-refractivity contribution < 1.29 is 4.74 Å². The highest BCUT2D eigenvalue weighted by molar-refractivity contribution is 5.78. The van der Waals surface area contributed by atoms with Gasteiger partial charge in [0, 0.05) is 32.7 Å². The van der Waals surface area contributed by atoms with Gasteiger partial charge in [-0.2, -0.15) is 0 Å². The van der Waals surface area contributed by atoms with Crippen molar-refractivity contribution in [1.82, 2.24) is 14.7 Å². The van der Waals surface area contributed by atoms with Gasteiger partial charge in [0.2, 0.25) is 0 Å². The largest absolute Gasteiger partial charge is 0.378 e. The third-order valence-electron chi connectivity index (χ3n) is 4.05. The maximum atomic E-state index is 6.01. The van der Waals surface area contributed by atoms with Crippen molar-refractivity contribution in [3.05, 3.63) is 0 Å². The SMILES string of the molecule is CN1CCCN(CCCN=C(N)N2CCOCC2)CC1. The molecule has 2 aliphatic rings. The highest BCUT2D eigenvalue weighted by atomic mass is 16.5. The highest BCUT2D eigenvalue weighted by Crippen LogP contribution is 2.02. The number of morpholine rings is 1. The van der Waals surface area contributed by atoms with E-state index in [0.717, 1.165) is 45.8 Å². The van der Waals surface area contributed by atoms with Gasteiger partial charge in [0.15, 0.2) is 5.96 Å². The minimum atomic E-state index is 0.684. The van der Waals surface area contributed by atoms with Crippen molar-refractivity contribution in [1.29, 1.82) is 0 Å². The summed E-state index contributed by atoms with van der Waals surface area (Å²) in [6.45, 7) is 10.0. The van der Waals surface area contributed by atoms with Gasteiger partial charge >= 0.3 is 0 Å². The summed E-state index contributed by atoms with van der Waals surface area (Å²) in [7, 11) is 2.21. The molecule has 2 heterocycles. The number of likely N-dealkylation sites (N-methyl/N-ethyl adjacent to an activating group) is 1. The van der Waals surface area contributed by atoms with Gasteiger partial charge in [-0.1, -0.05) is 0 Å². The molecule has 0 saturated carbocycles. The average molecular weight is 283 g/mol. The number of rotatable bonds is 4. The number of ether oxygens (including phenoxy) is 1. The molecule has 2 N–H and O–H groups in total. The quantitative estimate of drug-likeness (QED) is 0.435. The topological polar surface area (TPSA) is 57.3 Å². The minimum absolute atomic E-state index is 0.684. The van der Waals surface area contributed by atoms with E-state index in [1.54, 1.807) is 0 Å². The molecule has 0 spiro atoms. The lowest BCUT2D eigenvalue weighted by Gasteiger charge is -2.27. The van der Waals surface area contributed by atoms with Crippen molar-refractivity contribution in [2.45, 2.75) is 12.8 Å². The Morgan fingerprint density at radius 3 is 2.70 bits per heavy atom. The maximum absolute atomic E-state index is 6.01. The molecule has 2 rings (SSSR count). The van der Waals surface area contributed by atoms with Crippen LogP contribution in [0.5, 0.6) is 0 Å². The second kappa shape index (κ2) is 8.44. The van der Waals surface area contributed by atoms with Gasteiger partial charge in [0.25, 0.3) is 0 Å². The summed E-state index contributed by atoms with van der Waals surface area (Å²) < 4.78 is 5.31. The molecule has 6 nitrogen and oxygen atoms in total. The van der Waals surface area contributed by atoms with Crippen LogP contribution in [0.1, 0.15) is 12.8 Å². The van der Waals surface area contributed by atoms with E-state index in [4.69, 9.17) is 10.5 Å². The Balaban J connectivity index is 1.62. The van der Waals surface area contributed by atoms with E-state index >= 15 is 0 Å². The lowest BCUT2D eigenvalue weighted by molar-refractivity contribution is 0.0674. The molecule has 0 aliphatic carbocycles. The van der Waals surface area contributed by atoms with Crippen molar-refractivity contribution in [2.24, 2.45) is 10.7 Å². The first-order valence-corrected chi connectivity index (χ1v) is 7.79. The van der Waals surface area contributed by atoms with Gasteiger partial charge in [-0.05, 0) is 39.5 Å². The second-order valence-electron chi connectivity index (χ2n) is 5.69. The van der Waals surface area contributed by atoms with E-state index < -0.39 is 0 Å². The van der Waals surface area contributed by atoms with Crippen LogP contribution in [0.25, 0.3) is 0 Å². The summed E-state index contributed by atoms with van der Waals surface area (Å²) >= 11 is 0. The Kier molecular flexibility index (Phi) is 6.56. The van der Waals surface area contributed by atoms with Crippen LogP contribution in [0.15, 0.2) is 4.99 Å². The van der Waals surface area contributed by atoms with Crippen LogP contribution in [0.4, 0.5) is 0 Å². The number of nitrogens with zero attached hydrogens (tertiary/aromatic N) is 4. The molecular weight excluding hydrogens is 254 g/mol. The van der Waals surface area contributed by atoms with Gasteiger partial charge < -0.3 is 25.2 Å². The fourth-order valence-corrected chi connectivity index (χ4v) is 2.70. The third-order valence-corrected chi connectivity index (χ3v) is 4.05. The summed E-state index contributed by atoms with van der Waals surface area (Å²) in [5.74, 6) is 0.684. The van der Waals surface area contributed by atoms with Crippen molar-refractivity contribution in [3.63, 3.8) is 0 Å². The van der Waals surface area contributed by atoms with Crippen molar-refractivity contribution >= 4 is 5.96 Å². The fraction of sp³-hybridized carbons (Fsp3) is 0.929. The smallest absolute Gasteiger partial charge is 0.191 e. The Morgan fingerprint density at radius 2 is 1.90 bits per heavy atom. The average Bonchev–Trinajstić information content (AvgIpc) is 2.69. The van der Waals surface area contributed by atoms with E-state index in [1.807, 2.05) is 0 Å². The first kappa shape index (κ1) is 15.5. The van der Waals surface area contributed by atoms with Gasteiger partial charge in [-0.3, -0.25) is 4.99 Å². The zero-order valence-electron chi connectivity index (χ0n) is 12.8. The second-order valence-corrected chi connectivity index (χ2v) is 5.69. The number of hydrogen-bond donors (Lipinski definition) is 1.